The average Bonchev–Trinajstić information content (AvgIpc) is 1.94. The van der Waals surface area contributed by atoms with Crippen LogP contribution < -0.4 is 5.46 Å². The Morgan fingerprint density at radius 2 is 2.09 bits per heavy atom. The summed E-state index contributed by atoms with van der Waals surface area (Å²) < 4.78 is 0. The first-order chi connectivity index (χ1) is 5.11. The maximum atomic E-state index is 10.3. The van der Waals surface area contributed by atoms with Crippen LogP contribution in [-0.2, 0) is 0 Å². The molecule has 0 aromatic heterocycles. The van der Waals surface area contributed by atoms with Crippen molar-refractivity contribution in [2.45, 2.75) is 0 Å². The predicted octanol–water partition coefficient (Wildman–Crippen LogP) is -0.116. The maximum Gasteiger partial charge on any atom is 0.335 e. The Morgan fingerprint density at radius 3 is 2.55 bits per heavy atom. The lowest BCUT2D eigenvalue weighted by Gasteiger charge is -1.98. The second-order valence-electron chi connectivity index (χ2n) is 2.08. The lowest BCUT2D eigenvalue weighted by molar-refractivity contribution is 0.0696. The summed E-state index contributed by atoms with van der Waals surface area (Å²) in [5.41, 5.74) is 0.201. The van der Waals surface area contributed by atoms with Crippen molar-refractivity contribution in [2.24, 2.45) is 0 Å². The summed E-state index contributed by atoms with van der Waals surface area (Å²) in [5, 5.41) is 17.4. The average molecular weight is 148 g/mol. The van der Waals surface area contributed by atoms with E-state index in [1.165, 1.54) is 12.1 Å². The Kier molecular flexibility index (Phi) is 1.85. The van der Waals surface area contributed by atoms with Crippen LogP contribution >= 0.6 is 0 Å². The summed E-state index contributed by atoms with van der Waals surface area (Å²) in [7, 11) is 5.25. The second-order valence-corrected chi connectivity index (χ2v) is 2.08. The number of benzene rings is 1. The maximum absolute atomic E-state index is 10.3. The molecule has 0 aliphatic heterocycles. The molecule has 0 atom stereocenters. The number of hydrogen-bond acceptors (Lipinski definition) is 2. The Bertz CT molecular complexity index is 296. The number of carboxylic acid groups (broad SMARTS) is 1. The SMILES string of the molecule is [B]c1ccc(C(=O)O)cc1O. The summed E-state index contributed by atoms with van der Waals surface area (Å²) in [4.78, 5) is 10.3. The van der Waals surface area contributed by atoms with Gasteiger partial charge >= 0.3 is 5.97 Å². The molecule has 11 heavy (non-hydrogen) atoms. The van der Waals surface area contributed by atoms with E-state index in [2.05, 4.69) is 0 Å². The monoisotopic (exact) mass is 148 g/mol. The fourth-order valence-electron chi connectivity index (χ4n) is 0.677. The molecule has 2 radical (unpaired) electrons. The summed E-state index contributed by atoms with van der Waals surface area (Å²) in [6.07, 6.45) is 0. The highest BCUT2D eigenvalue weighted by atomic mass is 16.4. The minimum Gasteiger partial charge on any atom is -0.509 e. The van der Waals surface area contributed by atoms with Crippen molar-refractivity contribution in [1.82, 2.24) is 0 Å². The van der Waals surface area contributed by atoms with Crippen molar-refractivity contribution in [2.75, 3.05) is 0 Å². The standard InChI is InChI=1S/C7H5BO3/c8-5-2-1-4(7(10)11)3-6(5)9/h1-3,9H,(H,10,11). The molecule has 0 aliphatic carbocycles. The number of carbonyl (C=O) groups is 1. The van der Waals surface area contributed by atoms with Gasteiger partial charge < -0.3 is 10.2 Å². The molecule has 0 bridgehead atoms. The number of aromatic carboxylic acids is 1. The number of phenols is 1. The van der Waals surface area contributed by atoms with Gasteiger partial charge in [-0.2, -0.15) is 0 Å². The topological polar surface area (TPSA) is 57.5 Å². The van der Waals surface area contributed by atoms with E-state index in [-0.39, 0.29) is 16.8 Å². The van der Waals surface area contributed by atoms with Crippen molar-refractivity contribution in [3.8, 4) is 5.75 Å². The molecule has 1 aromatic carbocycles. The van der Waals surface area contributed by atoms with Crippen LogP contribution in [0, 0.1) is 0 Å². The molecule has 1 aromatic rings. The fraction of sp³-hybridized carbons (Fsp3) is 0. The molecule has 2 N–H and O–H groups in total. The van der Waals surface area contributed by atoms with Crippen molar-refractivity contribution in [3.63, 3.8) is 0 Å². The molecule has 3 nitrogen and oxygen atoms in total. The van der Waals surface area contributed by atoms with Crippen LogP contribution in [0.15, 0.2) is 18.2 Å². The highest BCUT2D eigenvalue weighted by Gasteiger charge is 2.03. The lowest BCUT2D eigenvalue weighted by atomic mass is 9.94. The van der Waals surface area contributed by atoms with Crippen LogP contribution in [0.25, 0.3) is 0 Å². The Hall–Kier alpha value is -1.45. The van der Waals surface area contributed by atoms with Crippen LogP contribution in [0.3, 0.4) is 0 Å². The number of hydrogen-bond donors (Lipinski definition) is 2. The van der Waals surface area contributed by atoms with Crippen molar-refractivity contribution < 1.29 is 15.0 Å². The van der Waals surface area contributed by atoms with E-state index in [9.17, 15) is 4.79 Å². The zero-order chi connectivity index (χ0) is 8.43. The lowest BCUT2D eigenvalue weighted by Crippen LogP contribution is -2.05. The van der Waals surface area contributed by atoms with E-state index < -0.39 is 5.97 Å². The quantitative estimate of drug-likeness (QED) is 0.546. The molecule has 0 amide bonds. The zero-order valence-electron chi connectivity index (χ0n) is 5.61. The van der Waals surface area contributed by atoms with Gasteiger partial charge in [0.25, 0.3) is 0 Å². The van der Waals surface area contributed by atoms with Gasteiger partial charge in [0.2, 0.25) is 0 Å². The molecule has 0 saturated heterocycles. The van der Waals surface area contributed by atoms with Gasteiger partial charge in [-0.05, 0) is 12.1 Å². The summed E-state index contributed by atoms with van der Waals surface area (Å²) in [5.74, 6) is -1.29. The third-order valence-corrected chi connectivity index (χ3v) is 1.28. The van der Waals surface area contributed by atoms with Crippen LogP contribution in [0.2, 0.25) is 0 Å². The van der Waals surface area contributed by atoms with E-state index in [0.717, 1.165) is 6.07 Å². The summed E-state index contributed by atoms with van der Waals surface area (Å²) in [6, 6.07) is 3.79. The molecule has 1 rings (SSSR count). The van der Waals surface area contributed by atoms with Crippen LogP contribution in [0.1, 0.15) is 10.4 Å². The van der Waals surface area contributed by atoms with Crippen LogP contribution in [-0.4, -0.2) is 24.0 Å². The largest absolute Gasteiger partial charge is 0.509 e. The first-order valence-electron chi connectivity index (χ1n) is 2.93. The Balaban J connectivity index is 3.15. The van der Waals surface area contributed by atoms with Crippen molar-refractivity contribution in [1.29, 1.82) is 0 Å². The van der Waals surface area contributed by atoms with Gasteiger partial charge in [0.1, 0.15) is 13.6 Å². The van der Waals surface area contributed by atoms with Gasteiger partial charge in [-0.1, -0.05) is 11.5 Å². The smallest absolute Gasteiger partial charge is 0.335 e. The zero-order valence-corrected chi connectivity index (χ0v) is 5.61. The van der Waals surface area contributed by atoms with E-state index >= 15 is 0 Å². The minimum atomic E-state index is -1.08. The normalized spacial score (nSPS) is 9.45. The first-order valence-corrected chi connectivity index (χ1v) is 2.93. The Morgan fingerprint density at radius 1 is 1.45 bits per heavy atom. The molecule has 4 heteroatoms. The molecule has 0 saturated carbocycles. The predicted molar refractivity (Wildman–Crippen MR) is 40.5 cm³/mol. The van der Waals surface area contributed by atoms with Gasteiger partial charge in [-0.3, -0.25) is 0 Å². The first kappa shape index (κ1) is 7.66. The summed E-state index contributed by atoms with van der Waals surface area (Å²) >= 11 is 0. The van der Waals surface area contributed by atoms with Gasteiger partial charge in [0.05, 0.1) is 5.56 Å². The summed E-state index contributed by atoms with van der Waals surface area (Å²) in [6.45, 7) is 0. The highest BCUT2D eigenvalue weighted by Crippen LogP contribution is 2.07. The third-order valence-electron chi connectivity index (χ3n) is 1.28. The van der Waals surface area contributed by atoms with Gasteiger partial charge in [0.15, 0.2) is 0 Å². The fourth-order valence-corrected chi connectivity index (χ4v) is 0.677. The molecular weight excluding hydrogens is 143 g/mol. The number of carboxylic acids is 1. The molecule has 0 aliphatic rings. The highest BCUT2D eigenvalue weighted by molar-refractivity contribution is 6.34. The molecule has 0 unspecified atom stereocenters. The van der Waals surface area contributed by atoms with Crippen molar-refractivity contribution >= 4 is 19.3 Å². The molecule has 0 heterocycles. The van der Waals surface area contributed by atoms with E-state index in [0.29, 0.717) is 0 Å². The number of phenolic OH excluding ortho intramolecular Hbond substituents is 1. The van der Waals surface area contributed by atoms with E-state index in [1.807, 2.05) is 0 Å². The number of rotatable bonds is 1. The Labute approximate surface area is 64.7 Å². The van der Waals surface area contributed by atoms with Gasteiger partial charge in [-0.15, -0.1) is 0 Å². The van der Waals surface area contributed by atoms with E-state index in [1.54, 1.807) is 0 Å². The van der Waals surface area contributed by atoms with Crippen LogP contribution in [0.4, 0.5) is 0 Å². The molecular formula is C7H5BO3. The second kappa shape index (κ2) is 2.66. The molecule has 0 spiro atoms. The number of aromatic hydroxyl groups is 1. The van der Waals surface area contributed by atoms with Crippen LogP contribution in [0.5, 0.6) is 5.75 Å². The minimum absolute atomic E-state index is 0.0247. The van der Waals surface area contributed by atoms with Gasteiger partial charge in [-0.25, -0.2) is 4.79 Å². The molecule has 0 fully saturated rings. The van der Waals surface area contributed by atoms with Gasteiger partial charge in [0, 0.05) is 0 Å². The van der Waals surface area contributed by atoms with Crippen molar-refractivity contribution in [3.05, 3.63) is 23.8 Å². The molecule has 54 valence electrons. The third kappa shape index (κ3) is 1.52. The van der Waals surface area contributed by atoms with E-state index in [4.69, 9.17) is 18.1 Å².